The van der Waals surface area contributed by atoms with Crippen LogP contribution in [-0.2, 0) is 0 Å². The number of anilines is 2. The molecule has 0 radical (unpaired) electrons. The van der Waals surface area contributed by atoms with Crippen molar-refractivity contribution in [1.29, 1.82) is 0 Å². The molecular formula is C14H22N2. The van der Waals surface area contributed by atoms with E-state index in [1.54, 1.807) is 0 Å². The van der Waals surface area contributed by atoms with Gasteiger partial charge in [0.2, 0.25) is 0 Å². The molecule has 88 valence electrons. The lowest BCUT2D eigenvalue weighted by molar-refractivity contribution is 0.548. The number of hydrogen-bond acceptors (Lipinski definition) is 2. The van der Waals surface area contributed by atoms with E-state index in [4.69, 9.17) is 0 Å². The molecule has 1 aliphatic rings. The molecule has 0 saturated heterocycles. The summed E-state index contributed by atoms with van der Waals surface area (Å²) in [4.78, 5) is 2.38. The maximum Gasteiger partial charge on any atom is 0.0635 e. The van der Waals surface area contributed by atoms with Crippen LogP contribution < -0.4 is 10.2 Å². The molecule has 0 fully saturated rings. The number of benzene rings is 1. The van der Waals surface area contributed by atoms with Crippen LogP contribution in [0.4, 0.5) is 11.4 Å². The zero-order valence-corrected chi connectivity index (χ0v) is 11.0. The Bertz CT molecular complexity index is 394. The molecule has 0 aliphatic carbocycles. The van der Waals surface area contributed by atoms with Crippen molar-refractivity contribution < 1.29 is 0 Å². The Kier molecular flexibility index (Phi) is 2.61. The number of nitrogens with zero attached hydrogens (tertiary/aromatic N) is 1. The second-order valence-electron chi connectivity index (χ2n) is 5.76. The van der Waals surface area contributed by atoms with Gasteiger partial charge in [-0.15, -0.1) is 0 Å². The molecule has 2 heteroatoms. The van der Waals surface area contributed by atoms with Gasteiger partial charge in [-0.1, -0.05) is 26.0 Å². The van der Waals surface area contributed by atoms with Crippen molar-refractivity contribution in [3.05, 3.63) is 23.8 Å². The molecule has 2 rings (SSSR count). The Labute approximate surface area is 98.7 Å². The molecule has 1 N–H and O–H groups in total. The summed E-state index contributed by atoms with van der Waals surface area (Å²) in [6, 6.07) is 6.56. The fourth-order valence-corrected chi connectivity index (χ4v) is 2.63. The van der Waals surface area contributed by atoms with Crippen molar-refractivity contribution in [2.75, 3.05) is 23.8 Å². The SMILES string of the molecule is CC(C)c1cccc2c1N(C)CC(C)(C)N2. The molecule has 0 aromatic heterocycles. The average Bonchev–Trinajstić information content (AvgIpc) is 2.14. The van der Waals surface area contributed by atoms with E-state index >= 15 is 0 Å². The second kappa shape index (κ2) is 3.69. The summed E-state index contributed by atoms with van der Waals surface area (Å²) < 4.78 is 0. The van der Waals surface area contributed by atoms with Crippen molar-refractivity contribution in [3.8, 4) is 0 Å². The summed E-state index contributed by atoms with van der Waals surface area (Å²) >= 11 is 0. The monoisotopic (exact) mass is 218 g/mol. The molecule has 16 heavy (non-hydrogen) atoms. The van der Waals surface area contributed by atoms with Gasteiger partial charge in [-0.2, -0.15) is 0 Å². The number of nitrogens with one attached hydrogen (secondary N) is 1. The van der Waals surface area contributed by atoms with Gasteiger partial charge in [0.15, 0.2) is 0 Å². The van der Waals surface area contributed by atoms with Crippen LogP contribution >= 0.6 is 0 Å². The second-order valence-corrected chi connectivity index (χ2v) is 5.76. The predicted molar refractivity (Wildman–Crippen MR) is 71.5 cm³/mol. The van der Waals surface area contributed by atoms with E-state index < -0.39 is 0 Å². The van der Waals surface area contributed by atoms with E-state index in [-0.39, 0.29) is 5.54 Å². The maximum absolute atomic E-state index is 3.62. The van der Waals surface area contributed by atoms with Gasteiger partial charge in [-0.25, -0.2) is 0 Å². The fourth-order valence-electron chi connectivity index (χ4n) is 2.63. The van der Waals surface area contributed by atoms with Crippen molar-refractivity contribution in [2.24, 2.45) is 0 Å². The zero-order valence-electron chi connectivity index (χ0n) is 11.0. The highest BCUT2D eigenvalue weighted by atomic mass is 15.2. The number of likely N-dealkylation sites (N-methyl/N-ethyl adjacent to an activating group) is 1. The van der Waals surface area contributed by atoms with Gasteiger partial charge in [-0.3, -0.25) is 0 Å². The van der Waals surface area contributed by atoms with Gasteiger partial charge in [0.1, 0.15) is 0 Å². The molecule has 0 unspecified atom stereocenters. The molecule has 0 atom stereocenters. The van der Waals surface area contributed by atoms with Crippen LogP contribution in [0.3, 0.4) is 0 Å². The Balaban J connectivity index is 2.51. The summed E-state index contributed by atoms with van der Waals surface area (Å²) in [5.41, 5.74) is 4.22. The van der Waals surface area contributed by atoms with Crippen LogP contribution in [0.5, 0.6) is 0 Å². The molecule has 0 bridgehead atoms. The first kappa shape index (κ1) is 11.3. The largest absolute Gasteiger partial charge is 0.377 e. The van der Waals surface area contributed by atoms with Gasteiger partial charge in [0, 0.05) is 19.1 Å². The molecule has 0 spiro atoms. The van der Waals surface area contributed by atoms with E-state index in [1.165, 1.54) is 16.9 Å². The van der Waals surface area contributed by atoms with Crippen LogP contribution in [-0.4, -0.2) is 19.1 Å². The summed E-state index contributed by atoms with van der Waals surface area (Å²) in [5.74, 6) is 0.570. The summed E-state index contributed by atoms with van der Waals surface area (Å²) in [6.45, 7) is 10.0. The van der Waals surface area contributed by atoms with Crippen LogP contribution in [0.15, 0.2) is 18.2 Å². The minimum Gasteiger partial charge on any atom is -0.377 e. The Morgan fingerprint density at radius 3 is 2.62 bits per heavy atom. The highest BCUT2D eigenvalue weighted by Crippen LogP contribution is 2.39. The van der Waals surface area contributed by atoms with Crippen molar-refractivity contribution in [1.82, 2.24) is 0 Å². The van der Waals surface area contributed by atoms with Crippen LogP contribution in [0.25, 0.3) is 0 Å². The molecule has 1 aromatic carbocycles. The molecule has 1 aliphatic heterocycles. The third kappa shape index (κ3) is 1.89. The Morgan fingerprint density at radius 1 is 1.31 bits per heavy atom. The van der Waals surface area contributed by atoms with Crippen LogP contribution in [0.2, 0.25) is 0 Å². The van der Waals surface area contributed by atoms with Gasteiger partial charge in [-0.05, 0) is 31.4 Å². The lowest BCUT2D eigenvalue weighted by Gasteiger charge is -2.41. The normalized spacial score (nSPS) is 18.2. The van der Waals surface area contributed by atoms with Gasteiger partial charge < -0.3 is 10.2 Å². The molecule has 1 aromatic rings. The third-order valence-electron chi connectivity index (χ3n) is 3.18. The van der Waals surface area contributed by atoms with Crippen molar-refractivity contribution in [3.63, 3.8) is 0 Å². The number of rotatable bonds is 1. The Hall–Kier alpha value is -1.18. The highest BCUT2D eigenvalue weighted by Gasteiger charge is 2.29. The zero-order chi connectivity index (χ0) is 11.9. The summed E-state index contributed by atoms with van der Waals surface area (Å²) in [7, 11) is 2.19. The summed E-state index contributed by atoms with van der Waals surface area (Å²) in [5, 5.41) is 3.62. The van der Waals surface area contributed by atoms with Crippen molar-refractivity contribution in [2.45, 2.75) is 39.2 Å². The molecule has 1 heterocycles. The third-order valence-corrected chi connectivity index (χ3v) is 3.18. The lowest BCUT2D eigenvalue weighted by Crippen LogP contribution is -2.47. The van der Waals surface area contributed by atoms with E-state index in [0.717, 1.165) is 6.54 Å². The smallest absolute Gasteiger partial charge is 0.0635 e. The number of para-hydroxylation sites is 1. The number of fused-ring (bicyclic) bond motifs is 1. The molecule has 0 saturated carbocycles. The molecular weight excluding hydrogens is 196 g/mol. The van der Waals surface area contributed by atoms with E-state index in [2.05, 4.69) is 63.2 Å². The standard InChI is InChI=1S/C14H22N2/c1-10(2)11-7-6-8-12-13(11)16(5)9-14(3,4)15-12/h6-8,10,15H,9H2,1-5H3. The topological polar surface area (TPSA) is 15.3 Å². The maximum atomic E-state index is 3.62. The fraction of sp³-hybridized carbons (Fsp3) is 0.571. The van der Waals surface area contributed by atoms with E-state index in [0.29, 0.717) is 5.92 Å². The number of hydrogen-bond donors (Lipinski definition) is 1. The van der Waals surface area contributed by atoms with E-state index in [9.17, 15) is 0 Å². The highest BCUT2D eigenvalue weighted by molar-refractivity contribution is 5.77. The average molecular weight is 218 g/mol. The van der Waals surface area contributed by atoms with E-state index in [1.807, 2.05) is 0 Å². The first-order chi connectivity index (χ1) is 7.41. The lowest BCUT2D eigenvalue weighted by atomic mass is 9.94. The minimum atomic E-state index is 0.150. The first-order valence-electron chi connectivity index (χ1n) is 6.03. The molecule has 2 nitrogen and oxygen atoms in total. The molecule has 0 amide bonds. The Morgan fingerprint density at radius 2 is 2.00 bits per heavy atom. The van der Waals surface area contributed by atoms with Crippen molar-refractivity contribution >= 4 is 11.4 Å². The predicted octanol–water partition coefficient (Wildman–Crippen LogP) is 3.45. The van der Waals surface area contributed by atoms with Crippen LogP contribution in [0, 0.1) is 0 Å². The first-order valence-corrected chi connectivity index (χ1v) is 6.03. The minimum absolute atomic E-state index is 0.150. The quantitative estimate of drug-likeness (QED) is 0.776. The van der Waals surface area contributed by atoms with Gasteiger partial charge in [0.05, 0.1) is 11.4 Å². The van der Waals surface area contributed by atoms with Gasteiger partial charge >= 0.3 is 0 Å². The summed E-state index contributed by atoms with van der Waals surface area (Å²) in [6.07, 6.45) is 0. The van der Waals surface area contributed by atoms with Crippen LogP contribution in [0.1, 0.15) is 39.2 Å². The van der Waals surface area contributed by atoms with Gasteiger partial charge in [0.25, 0.3) is 0 Å².